The summed E-state index contributed by atoms with van der Waals surface area (Å²) in [5.74, 6) is 0.705. The summed E-state index contributed by atoms with van der Waals surface area (Å²) in [5.41, 5.74) is 3.86. The molecular weight excluding hydrogens is 332 g/mol. The highest BCUT2D eigenvalue weighted by atomic mass is 16.5. The monoisotopic (exact) mass is 352 g/mol. The van der Waals surface area contributed by atoms with Crippen LogP contribution in [0.3, 0.4) is 0 Å². The number of carbonyl (C=O) groups is 1. The highest BCUT2D eigenvalue weighted by molar-refractivity contribution is 6.27. The van der Waals surface area contributed by atoms with E-state index in [4.69, 9.17) is 4.74 Å². The Bertz CT molecular complexity index is 1110. The quantitative estimate of drug-likeness (QED) is 0.656. The SMILES string of the molecule is O=C1C(=c2ccc(=C3CCC3)cc2)C(c2ccccc2)Oc2ccccc21. The molecule has 3 aromatic carbocycles. The highest BCUT2D eigenvalue weighted by Crippen LogP contribution is 2.38. The van der Waals surface area contributed by atoms with Gasteiger partial charge in [0.2, 0.25) is 0 Å². The van der Waals surface area contributed by atoms with E-state index < -0.39 is 6.10 Å². The Morgan fingerprint density at radius 2 is 1.41 bits per heavy atom. The summed E-state index contributed by atoms with van der Waals surface area (Å²) >= 11 is 0. The van der Waals surface area contributed by atoms with Crippen molar-refractivity contribution in [3.8, 4) is 5.75 Å². The van der Waals surface area contributed by atoms with Crippen LogP contribution >= 0.6 is 0 Å². The maximum Gasteiger partial charge on any atom is 0.197 e. The standard InChI is InChI=1S/C25H20O2/c26-24-21-11-4-5-12-22(21)27-25(20-7-2-1-3-8-20)23(24)19-15-13-18(14-16-19)17-9-6-10-17/h1-5,7-8,11-16,25H,6,9-10H2. The molecule has 132 valence electrons. The minimum atomic E-state index is -0.393. The van der Waals surface area contributed by atoms with Crippen LogP contribution in [0, 0.1) is 0 Å². The molecule has 0 bridgehead atoms. The molecule has 0 aromatic heterocycles. The van der Waals surface area contributed by atoms with Crippen molar-refractivity contribution in [1.82, 2.24) is 0 Å². The van der Waals surface area contributed by atoms with Gasteiger partial charge in [-0.15, -0.1) is 0 Å². The summed E-state index contributed by atoms with van der Waals surface area (Å²) < 4.78 is 6.30. The summed E-state index contributed by atoms with van der Waals surface area (Å²) in [6, 6.07) is 25.9. The molecule has 2 nitrogen and oxygen atoms in total. The Kier molecular flexibility index (Phi) is 3.90. The molecular formula is C25H20O2. The number of carbonyl (C=O) groups excluding carboxylic acids is 1. The summed E-state index contributed by atoms with van der Waals surface area (Å²) in [4.78, 5) is 13.4. The van der Waals surface area contributed by atoms with Crippen LogP contribution in [-0.4, -0.2) is 5.78 Å². The van der Waals surface area contributed by atoms with Gasteiger partial charge in [-0.05, 0) is 47.4 Å². The van der Waals surface area contributed by atoms with Crippen LogP contribution in [0.1, 0.15) is 41.3 Å². The van der Waals surface area contributed by atoms with E-state index in [1.165, 1.54) is 30.1 Å². The molecule has 1 fully saturated rings. The first-order chi connectivity index (χ1) is 13.3. The maximum atomic E-state index is 13.4. The molecule has 1 unspecified atom stereocenters. The number of Topliss-reactive ketones (excluding diaryl/α,β-unsaturated/α-hetero) is 1. The average Bonchev–Trinajstić information content (AvgIpc) is 2.68. The largest absolute Gasteiger partial charge is 0.480 e. The van der Waals surface area contributed by atoms with Crippen LogP contribution in [0.2, 0.25) is 0 Å². The van der Waals surface area contributed by atoms with Gasteiger partial charge >= 0.3 is 0 Å². The van der Waals surface area contributed by atoms with E-state index in [-0.39, 0.29) is 5.78 Å². The summed E-state index contributed by atoms with van der Waals surface area (Å²) in [6.07, 6.45) is 3.28. The zero-order valence-corrected chi connectivity index (χ0v) is 15.0. The van der Waals surface area contributed by atoms with Gasteiger partial charge in [0.15, 0.2) is 11.9 Å². The zero-order chi connectivity index (χ0) is 18.2. The van der Waals surface area contributed by atoms with Gasteiger partial charge in [0.25, 0.3) is 0 Å². The predicted molar refractivity (Wildman–Crippen MR) is 107 cm³/mol. The molecule has 5 rings (SSSR count). The molecule has 0 N–H and O–H groups in total. The molecule has 1 aliphatic carbocycles. The van der Waals surface area contributed by atoms with Crippen molar-refractivity contribution < 1.29 is 9.53 Å². The number of rotatable bonds is 1. The smallest absolute Gasteiger partial charge is 0.197 e. The van der Waals surface area contributed by atoms with Gasteiger partial charge in [-0.25, -0.2) is 0 Å². The van der Waals surface area contributed by atoms with Crippen LogP contribution in [0.15, 0.2) is 78.9 Å². The Balaban J connectivity index is 1.73. The lowest BCUT2D eigenvalue weighted by atomic mass is 9.88. The van der Waals surface area contributed by atoms with E-state index in [1.54, 1.807) is 0 Å². The van der Waals surface area contributed by atoms with Crippen molar-refractivity contribution in [1.29, 1.82) is 0 Å². The lowest BCUT2D eigenvalue weighted by Crippen LogP contribution is -2.28. The van der Waals surface area contributed by atoms with E-state index in [2.05, 4.69) is 24.3 Å². The van der Waals surface area contributed by atoms with Gasteiger partial charge in [-0.1, -0.05) is 72.3 Å². The third kappa shape index (κ3) is 2.78. The van der Waals surface area contributed by atoms with Crippen molar-refractivity contribution >= 4 is 16.9 Å². The number of hydrogen-bond donors (Lipinski definition) is 0. The molecule has 1 aliphatic heterocycles. The van der Waals surface area contributed by atoms with Crippen LogP contribution in [0.4, 0.5) is 0 Å². The number of hydrogen-bond acceptors (Lipinski definition) is 2. The Morgan fingerprint density at radius 3 is 2.11 bits per heavy atom. The number of para-hydroxylation sites is 1. The van der Waals surface area contributed by atoms with Crippen LogP contribution in [-0.2, 0) is 0 Å². The molecule has 1 saturated carbocycles. The lowest BCUT2D eigenvalue weighted by molar-refractivity contribution is 0.100. The third-order valence-electron chi connectivity index (χ3n) is 5.55. The lowest BCUT2D eigenvalue weighted by Gasteiger charge is -2.28. The molecule has 3 aromatic rings. The Morgan fingerprint density at radius 1 is 0.741 bits per heavy atom. The van der Waals surface area contributed by atoms with Crippen LogP contribution in [0.25, 0.3) is 11.1 Å². The van der Waals surface area contributed by atoms with E-state index in [1.807, 2.05) is 54.6 Å². The third-order valence-corrected chi connectivity index (χ3v) is 5.55. The molecule has 2 aliphatic rings. The second kappa shape index (κ2) is 6.55. The van der Waals surface area contributed by atoms with Crippen molar-refractivity contribution in [2.24, 2.45) is 0 Å². The van der Waals surface area contributed by atoms with Crippen molar-refractivity contribution in [3.05, 3.63) is 100 Å². The first-order valence-electron chi connectivity index (χ1n) is 9.49. The normalized spacial score (nSPS) is 18.5. The Hall–Kier alpha value is -3.13. The van der Waals surface area contributed by atoms with E-state index in [0.29, 0.717) is 16.9 Å². The van der Waals surface area contributed by atoms with Gasteiger partial charge in [-0.3, -0.25) is 4.79 Å². The average molecular weight is 352 g/mol. The molecule has 0 amide bonds. The first kappa shape index (κ1) is 16.1. The molecule has 0 saturated heterocycles. The summed E-state index contributed by atoms with van der Waals surface area (Å²) in [5, 5.41) is 2.23. The van der Waals surface area contributed by atoms with Crippen LogP contribution in [0.5, 0.6) is 5.75 Å². The first-order valence-corrected chi connectivity index (χ1v) is 9.49. The second-order valence-electron chi connectivity index (χ2n) is 7.18. The number of fused-ring (bicyclic) bond motifs is 1. The van der Waals surface area contributed by atoms with E-state index in [0.717, 1.165) is 10.8 Å². The Labute approximate surface area is 158 Å². The van der Waals surface area contributed by atoms with Gasteiger partial charge in [0, 0.05) is 0 Å². The minimum absolute atomic E-state index is 0.0507. The fourth-order valence-corrected chi connectivity index (χ4v) is 3.88. The van der Waals surface area contributed by atoms with E-state index in [9.17, 15) is 4.79 Å². The van der Waals surface area contributed by atoms with Crippen LogP contribution < -0.4 is 15.2 Å². The molecule has 0 spiro atoms. The molecule has 27 heavy (non-hydrogen) atoms. The summed E-state index contributed by atoms with van der Waals surface area (Å²) in [7, 11) is 0. The number of ether oxygens (including phenoxy) is 1. The summed E-state index contributed by atoms with van der Waals surface area (Å²) in [6.45, 7) is 0. The fraction of sp³-hybridized carbons (Fsp3) is 0.160. The van der Waals surface area contributed by atoms with Gasteiger partial charge in [-0.2, -0.15) is 0 Å². The molecule has 1 heterocycles. The topological polar surface area (TPSA) is 26.3 Å². The number of benzene rings is 3. The van der Waals surface area contributed by atoms with Gasteiger partial charge < -0.3 is 4.74 Å². The molecule has 1 atom stereocenters. The second-order valence-corrected chi connectivity index (χ2v) is 7.18. The minimum Gasteiger partial charge on any atom is -0.480 e. The zero-order valence-electron chi connectivity index (χ0n) is 15.0. The van der Waals surface area contributed by atoms with E-state index >= 15 is 0 Å². The van der Waals surface area contributed by atoms with Crippen molar-refractivity contribution in [3.63, 3.8) is 0 Å². The van der Waals surface area contributed by atoms with Gasteiger partial charge in [0.05, 0.1) is 11.1 Å². The maximum absolute atomic E-state index is 13.4. The highest BCUT2D eigenvalue weighted by Gasteiger charge is 2.33. The molecule has 2 heteroatoms. The molecule has 0 radical (unpaired) electrons. The van der Waals surface area contributed by atoms with Crippen molar-refractivity contribution in [2.75, 3.05) is 0 Å². The van der Waals surface area contributed by atoms with Gasteiger partial charge in [0.1, 0.15) is 5.75 Å². The van der Waals surface area contributed by atoms with Crippen molar-refractivity contribution in [2.45, 2.75) is 25.4 Å². The fourth-order valence-electron chi connectivity index (χ4n) is 3.88. The predicted octanol–water partition coefficient (Wildman–Crippen LogP) is 4.19. The number of ketones is 1.